The van der Waals surface area contributed by atoms with Crippen molar-refractivity contribution in [3.63, 3.8) is 0 Å². The summed E-state index contributed by atoms with van der Waals surface area (Å²) in [5.74, 6) is -0.903. The van der Waals surface area contributed by atoms with Crippen LogP contribution in [-0.2, 0) is 28.6 Å². The van der Waals surface area contributed by atoms with Crippen LogP contribution in [0.25, 0.3) is 0 Å². The predicted octanol–water partition coefficient (Wildman–Crippen LogP) is 22.2. The maximum Gasteiger partial charge on any atom is 0.306 e. The van der Waals surface area contributed by atoms with Gasteiger partial charge in [-0.25, -0.2) is 0 Å². The van der Waals surface area contributed by atoms with E-state index in [9.17, 15) is 14.4 Å². The van der Waals surface area contributed by atoms with E-state index < -0.39 is 6.10 Å². The van der Waals surface area contributed by atoms with Gasteiger partial charge in [0.2, 0.25) is 0 Å². The van der Waals surface area contributed by atoms with Crippen molar-refractivity contribution in [2.45, 2.75) is 309 Å². The molecule has 77 heavy (non-hydrogen) atoms. The zero-order valence-corrected chi connectivity index (χ0v) is 50.4. The Morgan fingerprint density at radius 2 is 0.532 bits per heavy atom. The minimum absolute atomic E-state index is 0.0844. The topological polar surface area (TPSA) is 78.9 Å². The molecule has 0 fully saturated rings. The van der Waals surface area contributed by atoms with Gasteiger partial charge in [-0.1, -0.05) is 278 Å². The smallest absolute Gasteiger partial charge is 0.306 e. The van der Waals surface area contributed by atoms with Crippen LogP contribution in [0.1, 0.15) is 303 Å². The Morgan fingerprint density at radius 3 is 0.857 bits per heavy atom. The van der Waals surface area contributed by atoms with Gasteiger partial charge in [-0.05, 0) is 116 Å². The summed E-state index contributed by atoms with van der Waals surface area (Å²) >= 11 is 0. The molecule has 0 aliphatic heterocycles. The molecule has 0 rings (SSSR count). The van der Waals surface area contributed by atoms with Crippen molar-refractivity contribution < 1.29 is 28.6 Å². The molecule has 0 N–H and O–H groups in total. The molecule has 1 unspecified atom stereocenters. The molecule has 0 bridgehead atoms. The van der Waals surface area contributed by atoms with Crippen LogP contribution < -0.4 is 0 Å². The second-order valence-corrected chi connectivity index (χ2v) is 21.3. The van der Waals surface area contributed by atoms with E-state index in [1.807, 2.05) is 0 Å². The Bertz CT molecular complexity index is 1560. The van der Waals surface area contributed by atoms with E-state index >= 15 is 0 Å². The Kier molecular flexibility index (Phi) is 61.3. The Morgan fingerprint density at radius 1 is 0.273 bits per heavy atom. The van der Waals surface area contributed by atoms with Gasteiger partial charge in [-0.2, -0.15) is 0 Å². The van der Waals surface area contributed by atoms with Crippen LogP contribution in [0.2, 0.25) is 0 Å². The van der Waals surface area contributed by atoms with Crippen molar-refractivity contribution >= 4 is 17.9 Å². The Hall–Kier alpha value is -3.93. The molecule has 0 aliphatic rings. The predicted molar refractivity (Wildman–Crippen MR) is 334 cm³/mol. The van der Waals surface area contributed by atoms with Crippen LogP contribution in [0.3, 0.4) is 0 Å². The lowest BCUT2D eigenvalue weighted by molar-refractivity contribution is -0.167. The van der Waals surface area contributed by atoms with Gasteiger partial charge in [0.15, 0.2) is 6.10 Å². The molecule has 0 saturated heterocycles. The van der Waals surface area contributed by atoms with Crippen molar-refractivity contribution in [1.29, 1.82) is 0 Å². The van der Waals surface area contributed by atoms with Crippen molar-refractivity contribution in [3.05, 3.63) is 109 Å². The summed E-state index contributed by atoms with van der Waals surface area (Å²) in [6.45, 7) is 6.42. The van der Waals surface area contributed by atoms with E-state index in [1.54, 1.807) is 0 Å². The van der Waals surface area contributed by atoms with E-state index in [0.29, 0.717) is 19.3 Å². The molecule has 0 saturated carbocycles. The third-order valence-corrected chi connectivity index (χ3v) is 13.7. The number of allylic oxidation sites excluding steroid dienone is 18. The number of carbonyl (C=O) groups is 3. The van der Waals surface area contributed by atoms with Crippen LogP contribution in [0.5, 0.6) is 0 Å². The molecular weight excluding hydrogens is 949 g/mol. The summed E-state index contributed by atoms with van der Waals surface area (Å²) in [6.07, 6.45) is 88.3. The fourth-order valence-corrected chi connectivity index (χ4v) is 8.88. The lowest BCUT2D eigenvalue weighted by atomic mass is 10.0. The molecule has 0 aliphatic carbocycles. The van der Waals surface area contributed by atoms with Crippen molar-refractivity contribution in [1.82, 2.24) is 0 Å². The number of ether oxygens (including phenoxy) is 3. The maximum absolute atomic E-state index is 12.8. The summed E-state index contributed by atoms with van der Waals surface area (Å²) in [5, 5.41) is 0. The zero-order chi connectivity index (χ0) is 55.7. The van der Waals surface area contributed by atoms with Crippen molar-refractivity contribution in [2.75, 3.05) is 13.2 Å². The largest absolute Gasteiger partial charge is 0.462 e. The van der Waals surface area contributed by atoms with Crippen molar-refractivity contribution in [3.8, 4) is 0 Å². The first kappa shape index (κ1) is 73.1. The quantitative estimate of drug-likeness (QED) is 0.0261. The Labute approximate surface area is 476 Å². The van der Waals surface area contributed by atoms with Gasteiger partial charge in [0, 0.05) is 19.3 Å². The third-order valence-electron chi connectivity index (χ3n) is 13.7. The molecule has 0 spiro atoms. The lowest BCUT2D eigenvalue weighted by Crippen LogP contribution is -2.30. The fraction of sp³-hybridized carbons (Fsp3) is 0.704. The number of unbranched alkanes of at least 4 members (excludes halogenated alkanes) is 29. The number of esters is 3. The molecule has 440 valence electrons. The standard InChI is InChI=1S/C71H120O6/c1-4-7-10-13-16-19-22-24-25-26-27-28-29-30-31-32-33-34-35-36-37-38-39-40-41-42-43-44-45-47-49-52-55-58-61-64-70(73)76-67-68(66-75-69(72)63-60-57-54-51-48-21-18-15-12-9-6-3)77-71(74)65-62-59-56-53-50-46-23-20-17-14-11-8-5-2/h7,10-11,14-16,18-20,23-25,27-28,30-31,33-34,68H,4-6,8-9,12-13,17,21-22,26,29,32,35-67H2,1-3H3/b10-7-,14-11-,18-15-,19-16-,23-20-,25-24-,28-27-,31-30-,34-33-. The average Bonchev–Trinajstić information content (AvgIpc) is 3.43. The minimum Gasteiger partial charge on any atom is -0.462 e. The molecule has 0 radical (unpaired) electrons. The molecular formula is C71H120O6. The van der Waals surface area contributed by atoms with E-state index in [-0.39, 0.29) is 31.1 Å². The first-order valence-electron chi connectivity index (χ1n) is 32.4. The minimum atomic E-state index is -0.787. The first-order chi connectivity index (χ1) is 38.0. The van der Waals surface area contributed by atoms with E-state index in [1.165, 1.54) is 128 Å². The summed E-state index contributed by atoms with van der Waals surface area (Å²) in [4.78, 5) is 38.1. The fourth-order valence-electron chi connectivity index (χ4n) is 8.88. The third kappa shape index (κ3) is 62.8. The number of rotatable bonds is 58. The van der Waals surface area contributed by atoms with Gasteiger partial charge in [-0.15, -0.1) is 0 Å². The molecule has 0 aromatic carbocycles. The van der Waals surface area contributed by atoms with E-state index in [2.05, 4.69) is 130 Å². The highest BCUT2D eigenvalue weighted by molar-refractivity contribution is 5.71. The maximum atomic E-state index is 12.8. The van der Waals surface area contributed by atoms with Gasteiger partial charge in [0.25, 0.3) is 0 Å². The SMILES string of the molecule is CC/C=C\C/C=C\C/C=C\C/C=C\C/C=C\C/C=C\CCCCCCCCCCCCCCCCCCC(=O)OCC(COC(=O)CCCCCCC/C=C\CCCC)OC(=O)CCCCCCC/C=C\C/C=C\CCC. The van der Waals surface area contributed by atoms with Crippen molar-refractivity contribution in [2.24, 2.45) is 0 Å². The highest BCUT2D eigenvalue weighted by Gasteiger charge is 2.19. The Balaban J connectivity index is 4.08. The van der Waals surface area contributed by atoms with Crippen LogP contribution >= 0.6 is 0 Å². The highest BCUT2D eigenvalue weighted by Crippen LogP contribution is 2.16. The molecule has 0 aromatic rings. The van der Waals surface area contributed by atoms with Gasteiger partial charge in [-0.3, -0.25) is 14.4 Å². The molecule has 6 heteroatoms. The normalized spacial score (nSPS) is 12.8. The van der Waals surface area contributed by atoms with Crippen LogP contribution in [0, 0.1) is 0 Å². The lowest BCUT2D eigenvalue weighted by Gasteiger charge is -2.18. The summed E-state index contributed by atoms with van der Waals surface area (Å²) in [6, 6.07) is 0. The van der Waals surface area contributed by atoms with E-state index in [0.717, 1.165) is 135 Å². The number of hydrogen-bond donors (Lipinski definition) is 0. The number of carbonyl (C=O) groups excluding carboxylic acids is 3. The second kappa shape index (κ2) is 64.6. The summed E-state index contributed by atoms with van der Waals surface area (Å²) in [5.41, 5.74) is 0. The molecule has 0 heterocycles. The molecule has 0 aromatic heterocycles. The van der Waals surface area contributed by atoms with Crippen LogP contribution in [0.4, 0.5) is 0 Å². The first-order valence-corrected chi connectivity index (χ1v) is 32.4. The van der Waals surface area contributed by atoms with Crippen LogP contribution in [-0.4, -0.2) is 37.2 Å². The van der Waals surface area contributed by atoms with Gasteiger partial charge in [0.1, 0.15) is 13.2 Å². The van der Waals surface area contributed by atoms with E-state index in [4.69, 9.17) is 14.2 Å². The average molecular weight is 1070 g/mol. The summed E-state index contributed by atoms with van der Waals surface area (Å²) in [7, 11) is 0. The molecule has 6 nitrogen and oxygen atoms in total. The molecule has 0 amide bonds. The van der Waals surface area contributed by atoms with Gasteiger partial charge < -0.3 is 14.2 Å². The zero-order valence-electron chi connectivity index (χ0n) is 50.4. The van der Waals surface area contributed by atoms with Gasteiger partial charge >= 0.3 is 17.9 Å². The van der Waals surface area contributed by atoms with Crippen LogP contribution in [0.15, 0.2) is 109 Å². The number of hydrogen-bond acceptors (Lipinski definition) is 6. The highest BCUT2D eigenvalue weighted by atomic mass is 16.6. The molecule has 1 atom stereocenters. The van der Waals surface area contributed by atoms with Gasteiger partial charge in [0.05, 0.1) is 0 Å². The second-order valence-electron chi connectivity index (χ2n) is 21.3. The summed E-state index contributed by atoms with van der Waals surface area (Å²) < 4.78 is 16.8. The monoisotopic (exact) mass is 1070 g/mol.